The molecule has 1 N–H and O–H groups in total. The van der Waals surface area contributed by atoms with Crippen LogP contribution in [0.4, 0.5) is 0 Å². The van der Waals surface area contributed by atoms with Crippen LogP contribution in [0.1, 0.15) is 30.6 Å². The lowest BCUT2D eigenvalue weighted by Gasteiger charge is -2.35. The van der Waals surface area contributed by atoms with E-state index < -0.39 is 0 Å². The summed E-state index contributed by atoms with van der Waals surface area (Å²) in [7, 11) is 0. The first-order valence-corrected chi connectivity index (χ1v) is 6.76. The molecule has 0 aromatic carbocycles. The predicted octanol–water partition coefficient (Wildman–Crippen LogP) is 0.221. The topological polar surface area (TPSA) is 37.6 Å². The molecule has 0 bridgehead atoms. The smallest absolute Gasteiger partial charge is 0.254 e. The molecule has 1 aromatic heterocycles. The number of amides is 1. The van der Waals surface area contributed by atoms with E-state index in [0.717, 1.165) is 31.7 Å². The summed E-state index contributed by atoms with van der Waals surface area (Å²) < 4.78 is 0. The highest BCUT2D eigenvalue weighted by molar-refractivity contribution is 5.94. The number of rotatable bonds is 3. The van der Waals surface area contributed by atoms with E-state index in [1.165, 1.54) is 6.42 Å². The second-order valence-electron chi connectivity index (χ2n) is 5.00. The maximum Gasteiger partial charge on any atom is 0.254 e. The van der Waals surface area contributed by atoms with Gasteiger partial charge in [-0.25, -0.2) is 0 Å². The molecular weight excluding hydrogens is 226 g/mol. The van der Waals surface area contributed by atoms with Gasteiger partial charge >= 0.3 is 0 Å². The molecule has 0 radical (unpaired) electrons. The summed E-state index contributed by atoms with van der Waals surface area (Å²) in [5.74, 6) is 0.139. The highest BCUT2D eigenvalue weighted by Gasteiger charge is 2.26. The van der Waals surface area contributed by atoms with E-state index in [2.05, 4.69) is 18.8 Å². The third-order valence-corrected chi connectivity index (χ3v) is 3.93. The van der Waals surface area contributed by atoms with Gasteiger partial charge in [-0.3, -0.25) is 9.78 Å². The molecule has 1 fully saturated rings. The van der Waals surface area contributed by atoms with Gasteiger partial charge in [0.25, 0.3) is 5.91 Å². The minimum absolute atomic E-state index is 0.139. The van der Waals surface area contributed by atoms with Crippen LogP contribution in [0.15, 0.2) is 24.5 Å². The zero-order valence-corrected chi connectivity index (χ0v) is 11.2. The molecule has 0 spiro atoms. The Hall–Kier alpha value is -1.42. The Kier molecular flexibility index (Phi) is 4.31. The number of hydrogen-bond donors (Lipinski definition) is 1. The van der Waals surface area contributed by atoms with Crippen molar-refractivity contribution in [2.24, 2.45) is 0 Å². The fourth-order valence-corrected chi connectivity index (χ4v) is 2.46. The van der Waals surface area contributed by atoms with Crippen molar-refractivity contribution in [2.45, 2.75) is 26.3 Å². The van der Waals surface area contributed by atoms with Crippen LogP contribution < -0.4 is 4.90 Å². The maximum atomic E-state index is 12.2. The predicted molar refractivity (Wildman–Crippen MR) is 70.6 cm³/mol. The normalized spacial score (nSPS) is 18.7. The number of carbonyl (C=O) groups excluding carboxylic acids is 1. The second-order valence-corrected chi connectivity index (χ2v) is 5.00. The number of nitrogens with zero attached hydrogens (tertiary/aromatic N) is 2. The number of aromatic nitrogens is 1. The van der Waals surface area contributed by atoms with Crippen LogP contribution >= 0.6 is 0 Å². The van der Waals surface area contributed by atoms with Gasteiger partial charge in [-0.15, -0.1) is 0 Å². The lowest BCUT2D eigenvalue weighted by Crippen LogP contribution is -3.17. The Bertz CT molecular complexity index is 385. The standard InChI is InChI=1S/C14H21N3O/c1-3-12(2)16-8-10-17(11-9-16)14(18)13-4-6-15-7-5-13/h4-7,12H,3,8-11H2,1-2H3/p+1/t12-/m0/s1. The summed E-state index contributed by atoms with van der Waals surface area (Å²) in [5.41, 5.74) is 0.747. The Labute approximate surface area is 109 Å². The maximum absolute atomic E-state index is 12.2. The molecule has 98 valence electrons. The van der Waals surface area contributed by atoms with Crippen molar-refractivity contribution < 1.29 is 9.69 Å². The first-order chi connectivity index (χ1) is 8.72. The van der Waals surface area contributed by atoms with E-state index in [-0.39, 0.29) is 5.91 Å². The molecular formula is C14H22N3O+. The summed E-state index contributed by atoms with van der Waals surface area (Å²) in [6.07, 6.45) is 4.55. The first-order valence-electron chi connectivity index (χ1n) is 6.76. The highest BCUT2D eigenvalue weighted by Crippen LogP contribution is 2.03. The number of carbonyl (C=O) groups is 1. The van der Waals surface area contributed by atoms with E-state index in [4.69, 9.17) is 0 Å². The minimum Gasteiger partial charge on any atom is -0.330 e. The molecule has 0 saturated carbocycles. The van der Waals surface area contributed by atoms with Gasteiger partial charge in [-0.1, -0.05) is 6.92 Å². The number of pyridine rings is 1. The van der Waals surface area contributed by atoms with Crippen molar-refractivity contribution >= 4 is 5.91 Å². The molecule has 4 heteroatoms. The van der Waals surface area contributed by atoms with E-state index in [0.29, 0.717) is 6.04 Å². The molecule has 2 heterocycles. The summed E-state index contributed by atoms with van der Waals surface area (Å²) in [6, 6.07) is 4.27. The highest BCUT2D eigenvalue weighted by atomic mass is 16.2. The molecule has 0 unspecified atom stereocenters. The van der Waals surface area contributed by atoms with Crippen molar-refractivity contribution in [1.29, 1.82) is 0 Å². The largest absolute Gasteiger partial charge is 0.330 e. The van der Waals surface area contributed by atoms with Crippen molar-refractivity contribution in [3.63, 3.8) is 0 Å². The molecule has 1 atom stereocenters. The summed E-state index contributed by atoms with van der Waals surface area (Å²) >= 11 is 0. The summed E-state index contributed by atoms with van der Waals surface area (Å²) in [5, 5.41) is 0. The van der Waals surface area contributed by atoms with Crippen LogP contribution in [0.5, 0.6) is 0 Å². The van der Waals surface area contributed by atoms with Gasteiger partial charge in [0, 0.05) is 18.0 Å². The zero-order valence-electron chi connectivity index (χ0n) is 11.2. The van der Waals surface area contributed by atoms with Gasteiger partial charge in [0.05, 0.1) is 32.2 Å². The van der Waals surface area contributed by atoms with Gasteiger partial charge in [0.15, 0.2) is 0 Å². The van der Waals surface area contributed by atoms with Crippen molar-refractivity contribution in [1.82, 2.24) is 9.88 Å². The Morgan fingerprint density at radius 3 is 2.56 bits per heavy atom. The van der Waals surface area contributed by atoms with Gasteiger partial charge in [-0.05, 0) is 25.5 Å². The Morgan fingerprint density at radius 2 is 2.00 bits per heavy atom. The lowest BCUT2D eigenvalue weighted by molar-refractivity contribution is -0.927. The number of piperazine rings is 1. The fourth-order valence-electron chi connectivity index (χ4n) is 2.46. The molecule has 2 rings (SSSR count). The lowest BCUT2D eigenvalue weighted by atomic mass is 10.1. The minimum atomic E-state index is 0.139. The molecule has 1 aliphatic rings. The van der Waals surface area contributed by atoms with Gasteiger partial charge < -0.3 is 9.80 Å². The van der Waals surface area contributed by atoms with Crippen LogP contribution in [-0.2, 0) is 0 Å². The molecule has 18 heavy (non-hydrogen) atoms. The number of hydrogen-bond acceptors (Lipinski definition) is 2. The summed E-state index contributed by atoms with van der Waals surface area (Å²) in [4.78, 5) is 19.8. The van der Waals surface area contributed by atoms with Crippen LogP contribution in [0.3, 0.4) is 0 Å². The molecule has 4 nitrogen and oxygen atoms in total. The molecule has 1 aromatic rings. The first kappa shape index (κ1) is 13.0. The van der Waals surface area contributed by atoms with Crippen molar-refractivity contribution in [3.05, 3.63) is 30.1 Å². The molecule has 1 saturated heterocycles. The second kappa shape index (κ2) is 5.96. The van der Waals surface area contributed by atoms with E-state index >= 15 is 0 Å². The third-order valence-electron chi connectivity index (χ3n) is 3.93. The number of quaternary nitrogens is 1. The van der Waals surface area contributed by atoms with Crippen LogP contribution in [0.2, 0.25) is 0 Å². The summed E-state index contributed by atoms with van der Waals surface area (Å²) in [6.45, 7) is 8.36. The monoisotopic (exact) mass is 248 g/mol. The van der Waals surface area contributed by atoms with Crippen LogP contribution in [0, 0.1) is 0 Å². The van der Waals surface area contributed by atoms with Gasteiger partial charge in [0.1, 0.15) is 0 Å². The van der Waals surface area contributed by atoms with E-state index in [1.807, 2.05) is 4.90 Å². The average molecular weight is 248 g/mol. The Morgan fingerprint density at radius 1 is 1.39 bits per heavy atom. The van der Waals surface area contributed by atoms with Gasteiger partial charge in [-0.2, -0.15) is 0 Å². The van der Waals surface area contributed by atoms with Crippen molar-refractivity contribution in [3.8, 4) is 0 Å². The average Bonchev–Trinajstić information content (AvgIpc) is 2.47. The van der Waals surface area contributed by atoms with E-state index in [9.17, 15) is 4.79 Å². The van der Waals surface area contributed by atoms with Crippen LogP contribution in [-0.4, -0.2) is 48.0 Å². The number of nitrogens with one attached hydrogen (secondary N) is 1. The quantitative estimate of drug-likeness (QED) is 0.831. The Balaban J connectivity index is 1.92. The third kappa shape index (κ3) is 2.88. The van der Waals surface area contributed by atoms with Gasteiger partial charge in [0.2, 0.25) is 0 Å². The fraction of sp³-hybridized carbons (Fsp3) is 0.571. The zero-order chi connectivity index (χ0) is 13.0. The molecule has 0 aliphatic carbocycles. The SMILES string of the molecule is CC[C@H](C)[NH+]1CCN(C(=O)c2ccncc2)CC1. The molecule has 1 amide bonds. The van der Waals surface area contributed by atoms with Crippen molar-refractivity contribution in [2.75, 3.05) is 26.2 Å². The van der Waals surface area contributed by atoms with Crippen LogP contribution in [0.25, 0.3) is 0 Å². The molecule has 1 aliphatic heterocycles. The van der Waals surface area contributed by atoms with E-state index in [1.54, 1.807) is 29.4 Å².